The van der Waals surface area contributed by atoms with Gasteiger partial charge in [0.2, 0.25) is 5.91 Å². The molecule has 3 rings (SSSR count). The first kappa shape index (κ1) is 28.5. The summed E-state index contributed by atoms with van der Waals surface area (Å²) in [6.45, 7) is 2.20. The average Bonchev–Trinajstić information content (AvgIpc) is 3.38. The summed E-state index contributed by atoms with van der Waals surface area (Å²) in [6.07, 6.45) is 1.72. The Kier molecular flexibility index (Phi) is 11.4. The number of rotatable bonds is 12. The molecule has 1 atom stereocenters. The van der Waals surface area contributed by atoms with Gasteiger partial charge in [-0.25, -0.2) is 9.69 Å². The predicted octanol–water partition coefficient (Wildman–Crippen LogP) is 4.66. The lowest BCUT2D eigenvalue weighted by atomic mass is 9.90. The fraction of sp³-hybridized carbons (Fsp3) is 0.400. The van der Waals surface area contributed by atoms with Crippen LogP contribution in [0.15, 0.2) is 60.7 Å². The Morgan fingerprint density at radius 1 is 0.921 bits per heavy atom. The van der Waals surface area contributed by atoms with Crippen LogP contribution in [-0.2, 0) is 41.8 Å². The van der Waals surface area contributed by atoms with Gasteiger partial charge in [-0.3, -0.25) is 14.4 Å². The number of nitrogens with zero attached hydrogens (tertiary/aromatic N) is 1. The van der Waals surface area contributed by atoms with Gasteiger partial charge in [0.15, 0.2) is 5.92 Å². The number of unbranched alkanes of at least 4 members (excludes halogenated alkanes) is 2. The second kappa shape index (κ2) is 15.2. The second-order valence-electron chi connectivity index (χ2n) is 8.94. The highest BCUT2D eigenvalue weighted by Gasteiger charge is 2.39. The van der Waals surface area contributed by atoms with E-state index in [2.05, 4.69) is 18.8 Å². The van der Waals surface area contributed by atoms with Crippen molar-refractivity contribution in [3.63, 3.8) is 0 Å². The molecule has 0 radical (unpaired) electrons. The summed E-state index contributed by atoms with van der Waals surface area (Å²) in [4.78, 5) is 52.6. The van der Waals surface area contributed by atoms with Crippen molar-refractivity contribution in [1.29, 1.82) is 0 Å². The largest absolute Gasteiger partial charge is 0.460 e. The Hall–Kier alpha value is -4.12. The molecule has 8 heteroatoms. The summed E-state index contributed by atoms with van der Waals surface area (Å²) >= 11 is 0. The van der Waals surface area contributed by atoms with E-state index in [-0.39, 0.29) is 39.2 Å². The zero-order chi connectivity index (χ0) is 27.2. The number of benzene rings is 2. The molecule has 1 saturated heterocycles. The minimum atomic E-state index is -1.37. The van der Waals surface area contributed by atoms with Gasteiger partial charge in [-0.1, -0.05) is 74.0 Å². The maximum absolute atomic E-state index is 13.3. The number of carbonyl (C=O) groups is 4. The third kappa shape index (κ3) is 8.77. The van der Waals surface area contributed by atoms with Gasteiger partial charge in [-0.05, 0) is 24.0 Å². The first-order valence-electron chi connectivity index (χ1n) is 12.8. The molecule has 2 aromatic rings. The highest BCUT2D eigenvalue weighted by molar-refractivity contribution is 5.97. The monoisotopic (exact) mass is 519 g/mol. The van der Waals surface area contributed by atoms with Gasteiger partial charge in [0.1, 0.15) is 19.8 Å². The molecule has 8 nitrogen and oxygen atoms in total. The topological polar surface area (TPSA) is 99.2 Å². The van der Waals surface area contributed by atoms with Crippen LogP contribution in [-0.4, -0.2) is 42.0 Å². The van der Waals surface area contributed by atoms with Crippen molar-refractivity contribution in [3.05, 3.63) is 71.8 Å². The Morgan fingerprint density at radius 2 is 1.50 bits per heavy atom. The van der Waals surface area contributed by atoms with Crippen LogP contribution in [0.4, 0.5) is 4.79 Å². The molecule has 2 amide bonds. The predicted molar refractivity (Wildman–Crippen MR) is 139 cm³/mol. The van der Waals surface area contributed by atoms with Crippen LogP contribution in [0.25, 0.3) is 0 Å². The second-order valence-corrected chi connectivity index (χ2v) is 8.94. The zero-order valence-electron chi connectivity index (χ0n) is 21.6. The van der Waals surface area contributed by atoms with Crippen molar-refractivity contribution in [2.45, 2.75) is 52.2 Å². The molecule has 0 aromatic heterocycles. The molecule has 0 aliphatic carbocycles. The van der Waals surface area contributed by atoms with Crippen molar-refractivity contribution in [2.24, 2.45) is 11.8 Å². The van der Waals surface area contributed by atoms with E-state index in [4.69, 9.17) is 14.2 Å². The molecular weight excluding hydrogens is 486 g/mol. The molecule has 0 spiro atoms. The van der Waals surface area contributed by atoms with E-state index < -0.39 is 35.8 Å². The van der Waals surface area contributed by atoms with Crippen molar-refractivity contribution >= 4 is 23.9 Å². The first-order valence-corrected chi connectivity index (χ1v) is 12.8. The standard InChI is InChI=1S/C30H33NO7/c1-2-3-4-5-12-17-25(27(32)31-18-19-36-30(31)35)20-26(28(33)37-21-23-13-8-6-9-14-23)29(34)38-22-24-15-10-7-11-16-24/h6-11,13-16,25-26H,2-4,17-22H2,1H3/t25-/m1/s1. The maximum atomic E-state index is 13.3. The van der Waals surface area contributed by atoms with Crippen molar-refractivity contribution in [1.82, 2.24) is 4.90 Å². The zero-order valence-corrected chi connectivity index (χ0v) is 21.6. The lowest BCUT2D eigenvalue weighted by molar-refractivity contribution is -0.164. The van der Waals surface area contributed by atoms with E-state index in [1.165, 1.54) is 0 Å². The highest BCUT2D eigenvalue weighted by atomic mass is 16.6. The van der Waals surface area contributed by atoms with Gasteiger partial charge < -0.3 is 14.2 Å². The van der Waals surface area contributed by atoms with E-state index in [1.54, 1.807) is 24.3 Å². The normalized spacial score (nSPS) is 13.3. The molecule has 0 unspecified atom stereocenters. The van der Waals surface area contributed by atoms with E-state index in [1.807, 2.05) is 36.4 Å². The molecule has 1 aliphatic rings. The van der Waals surface area contributed by atoms with Gasteiger partial charge in [-0.2, -0.15) is 0 Å². The van der Waals surface area contributed by atoms with E-state index in [0.29, 0.717) is 6.42 Å². The number of esters is 2. The number of cyclic esters (lactones) is 1. The molecule has 2 aromatic carbocycles. The first-order chi connectivity index (χ1) is 18.5. The lowest BCUT2D eigenvalue weighted by Crippen LogP contribution is -2.39. The molecule has 0 bridgehead atoms. The van der Waals surface area contributed by atoms with Crippen LogP contribution in [0, 0.1) is 23.7 Å². The molecule has 1 fully saturated rings. The summed E-state index contributed by atoms with van der Waals surface area (Å²) in [5, 5.41) is 0. The van der Waals surface area contributed by atoms with Crippen LogP contribution in [0.5, 0.6) is 0 Å². The van der Waals surface area contributed by atoms with Crippen LogP contribution >= 0.6 is 0 Å². The number of ether oxygens (including phenoxy) is 3. The summed E-state index contributed by atoms with van der Waals surface area (Å²) in [7, 11) is 0. The Bertz CT molecular complexity index is 1080. The fourth-order valence-corrected chi connectivity index (χ4v) is 3.87. The van der Waals surface area contributed by atoms with E-state index in [9.17, 15) is 19.2 Å². The molecule has 1 aliphatic heterocycles. The minimum absolute atomic E-state index is 0.0317. The van der Waals surface area contributed by atoms with Gasteiger partial charge in [-0.15, -0.1) is 11.8 Å². The summed E-state index contributed by atoms with van der Waals surface area (Å²) in [5.41, 5.74) is 1.51. The number of hydrogen-bond acceptors (Lipinski definition) is 7. The van der Waals surface area contributed by atoms with Crippen LogP contribution < -0.4 is 0 Å². The maximum Gasteiger partial charge on any atom is 0.416 e. The third-order valence-corrected chi connectivity index (χ3v) is 6.04. The molecule has 200 valence electrons. The molecule has 0 N–H and O–H groups in total. The number of hydrogen-bond donors (Lipinski definition) is 0. The van der Waals surface area contributed by atoms with E-state index >= 15 is 0 Å². The van der Waals surface area contributed by atoms with Crippen LogP contribution in [0.3, 0.4) is 0 Å². The van der Waals surface area contributed by atoms with Gasteiger partial charge in [0.25, 0.3) is 0 Å². The minimum Gasteiger partial charge on any atom is -0.460 e. The average molecular weight is 520 g/mol. The highest BCUT2D eigenvalue weighted by Crippen LogP contribution is 2.24. The van der Waals surface area contributed by atoms with Gasteiger partial charge >= 0.3 is 18.0 Å². The van der Waals surface area contributed by atoms with Crippen molar-refractivity contribution in [3.8, 4) is 11.8 Å². The summed E-state index contributed by atoms with van der Waals surface area (Å²) in [5.74, 6) is 1.62. The lowest BCUT2D eigenvalue weighted by Gasteiger charge is -2.22. The molecular formula is C30H33NO7. The van der Waals surface area contributed by atoms with Crippen molar-refractivity contribution < 1.29 is 33.4 Å². The molecule has 38 heavy (non-hydrogen) atoms. The Labute approximate surface area is 223 Å². The van der Waals surface area contributed by atoms with Crippen molar-refractivity contribution in [2.75, 3.05) is 13.2 Å². The fourth-order valence-electron chi connectivity index (χ4n) is 3.87. The third-order valence-electron chi connectivity index (χ3n) is 6.04. The van der Waals surface area contributed by atoms with Gasteiger partial charge in [0, 0.05) is 12.8 Å². The Balaban J connectivity index is 1.78. The number of carbonyl (C=O) groups excluding carboxylic acids is 4. The number of amides is 2. The Morgan fingerprint density at radius 3 is 2.00 bits per heavy atom. The number of imide groups is 1. The SMILES string of the molecule is CCCCC#CC[C@H](CC(C(=O)OCc1ccccc1)C(=O)OCc1ccccc1)C(=O)N1CCOC1=O. The smallest absolute Gasteiger partial charge is 0.416 e. The van der Waals surface area contributed by atoms with Gasteiger partial charge in [0.05, 0.1) is 12.5 Å². The summed E-state index contributed by atoms with van der Waals surface area (Å²) in [6, 6.07) is 18.1. The molecule has 1 heterocycles. The van der Waals surface area contributed by atoms with E-state index in [0.717, 1.165) is 28.9 Å². The summed E-state index contributed by atoms with van der Waals surface area (Å²) < 4.78 is 15.8. The quantitative estimate of drug-likeness (QED) is 0.132. The molecule has 0 saturated carbocycles. The van der Waals surface area contributed by atoms with Crippen LogP contribution in [0.1, 0.15) is 50.2 Å². The van der Waals surface area contributed by atoms with Crippen LogP contribution in [0.2, 0.25) is 0 Å².